The Labute approximate surface area is 139 Å². The highest BCUT2D eigenvalue weighted by atomic mass is 35.5. The Bertz CT molecular complexity index is 902. The molecule has 0 unspecified atom stereocenters. The molecule has 0 saturated heterocycles. The van der Waals surface area contributed by atoms with Gasteiger partial charge in [-0.2, -0.15) is 0 Å². The standard InChI is InChI=1S/C19H16ClNO2/c1-11-8-12(2)17-15(9-11)16(10-22)19(23-3)18(21-17)13-4-6-14(20)7-5-13/h4-10H,1-3H3. The van der Waals surface area contributed by atoms with Crippen LogP contribution >= 0.6 is 11.6 Å². The number of nitrogens with zero attached hydrogens (tertiary/aromatic N) is 1. The minimum Gasteiger partial charge on any atom is -0.494 e. The number of aldehydes is 1. The fraction of sp³-hybridized carbons (Fsp3) is 0.158. The lowest BCUT2D eigenvalue weighted by atomic mass is 9.99. The van der Waals surface area contributed by atoms with Crippen LogP contribution in [0.4, 0.5) is 0 Å². The fourth-order valence-corrected chi connectivity index (χ4v) is 2.98. The molecule has 3 nitrogen and oxygen atoms in total. The number of hydrogen-bond acceptors (Lipinski definition) is 3. The van der Waals surface area contributed by atoms with Gasteiger partial charge in [0.2, 0.25) is 0 Å². The first kappa shape index (κ1) is 15.5. The zero-order valence-electron chi connectivity index (χ0n) is 13.2. The van der Waals surface area contributed by atoms with Crippen molar-refractivity contribution in [3.8, 4) is 17.0 Å². The van der Waals surface area contributed by atoms with Crippen molar-refractivity contribution >= 4 is 28.8 Å². The molecule has 0 saturated carbocycles. The Kier molecular flexibility index (Phi) is 4.05. The van der Waals surface area contributed by atoms with E-state index in [1.807, 2.05) is 32.0 Å². The third-order valence-electron chi connectivity index (χ3n) is 3.86. The molecule has 0 aliphatic heterocycles. The topological polar surface area (TPSA) is 39.2 Å². The lowest BCUT2D eigenvalue weighted by molar-refractivity contribution is 0.112. The van der Waals surface area contributed by atoms with Gasteiger partial charge in [0.15, 0.2) is 12.0 Å². The minimum absolute atomic E-state index is 0.486. The zero-order valence-corrected chi connectivity index (χ0v) is 13.9. The first-order valence-electron chi connectivity index (χ1n) is 7.25. The maximum atomic E-state index is 11.7. The van der Waals surface area contributed by atoms with Gasteiger partial charge in [0.1, 0.15) is 5.69 Å². The maximum absolute atomic E-state index is 11.7. The second-order valence-corrected chi connectivity index (χ2v) is 5.95. The van der Waals surface area contributed by atoms with Crippen molar-refractivity contribution in [1.29, 1.82) is 0 Å². The summed E-state index contributed by atoms with van der Waals surface area (Å²) in [4.78, 5) is 16.5. The van der Waals surface area contributed by atoms with Crippen LogP contribution in [0.5, 0.6) is 5.75 Å². The third-order valence-corrected chi connectivity index (χ3v) is 4.11. The summed E-state index contributed by atoms with van der Waals surface area (Å²) in [5.74, 6) is 0.486. The fourth-order valence-electron chi connectivity index (χ4n) is 2.85. The van der Waals surface area contributed by atoms with Gasteiger partial charge < -0.3 is 4.74 Å². The Morgan fingerprint density at radius 3 is 2.43 bits per heavy atom. The zero-order chi connectivity index (χ0) is 16.6. The molecule has 0 N–H and O–H groups in total. The summed E-state index contributed by atoms with van der Waals surface area (Å²) in [6.07, 6.45) is 0.834. The van der Waals surface area contributed by atoms with E-state index in [1.54, 1.807) is 19.2 Å². The van der Waals surface area contributed by atoms with E-state index in [0.717, 1.165) is 33.9 Å². The predicted octanol–water partition coefficient (Wildman–Crippen LogP) is 4.99. The summed E-state index contributed by atoms with van der Waals surface area (Å²) in [7, 11) is 1.55. The molecule has 3 rings (SSSR count). The highest BCUT2D eigenvalue weighted by Crippen LogP contribution is 2.36. The molecule has 0 spiro atoms. The summed E-state index contributed by atoms with van der Waals surface area (Å²) in [6, 6.07) is 11.4. The van der Waals surface area contributed by atoms with E-state index in [9.17, 15) is 4.79 Å². The molecule has 0 bridgehead atoms. The second-order valence-electron chi connectivity index (χ2n) is 5.51. The van der Waals surface area contributed by atoms with E-state index >= 15 is 0 Å². The smallest absolute Gasteiger partial charge is 0.156 e. The van der Waals surface area contributed by atoms with Crippen molar-refractivity contribution in [2.45, 2.75) is 13.8 Å². The summed E-state index contributed by atoms with van der Waals surface area (Å²) in [6.45, 7) is 4.00. The average molecular weight is 326 g/mol. The first-order chi connectivity index (χ1) is 11.0. The number of halogens is 1. The molecule has 1 aromatic heterocycles. The number of benzene rings is 2. The number of rotatable bonds is 3. The second kappa shape index (κ2) is 6.01. The van der Waals surface area contributed by atoms with E-state index in [1.165, 1.54) is 0 Å². The van der Waals surface area contributed by atoms with Crippen molar-refractivity contribution < 1.29 is 9.53 Å². The summed E-state index contributed by atoms with van der Waals surface area (Å²) < 4.78 is 5.51. The lowest BCUT2D eigenvalue weighted by Gasteiger charge is -2.15. The van der Waals surface area contributed by atoms with Crippen LogP contribution < -0.4 is 4.74 Å². The van der Waals surface area contributed by atoms with Crippen molar-refractivity contribution in [1.82, 2.24) is 4.98 Å². The lowest BCUT2D eigenvalue weighted by Crippen LogP contribution is -2.00. The van der Waals surface area contributed by atoms with Crippen LogP contribution in [-0.4, -0.2) is 18.4 Å². The van der Waals surface area contributed by atoms with Crippen LogP contribution in [0.1, 0.15) is 21.5 Å². The Hall–Kier alpha value is -2.39. The molecule has 23 heavy (non-hydrogen) atoms. The summed E-state index contributed by atoms with van der Waals surface area (Å²) >= 11 is 5.96. The van der Waals surface area contributed by atoms with Gasteiger partial charge in [-0.15, -0.1) is 0 Å². The number of methoxy groups -OCH3 is 1. The Morgan fingerprint density at radius 2 is 1.83 bits per heavy atom. The molecule has 116 valence electrons. The maximum Gasteiger partial charge on any atom is 0.156 e. The molecule has 1 heterocycles. The van der Waals surface area contributed by atoms with Gasteiger partial charge in [0, 0.05) is 16.0 Å². The molecule has 3 aromatic rings. The highest BCUT2D eigenvalue weighted by Gasteiger charge is 2.18. The number of ether oxygens (including phenoxy) is 1. The van der Waals surface area contributed by atoms with Gasteiger partial charge in [0.05, 0.1) is 18.2 Å². The molecule has 0 aliphatic carbocycles. The van der Waals surface area contributed by atoms with E-state index in [-0.39, 0.29) is 0 Å². The Morgan fingerprint density at radius 1 is 1.13 bits per heavy atom. The van der Waals surface area contributed by atoms with Gasteiger partial charge in [-0.25, -0.2) is 4.98 Å². The molecule has 0 atom stereocenters. The number of aryl methyl sites for hydroxylation is 2. The molecule has 0 aliphatic rings. The van der Waals surface area contributed by atoms with E-state index in [4.69, 9.17) is 21.3 Å². The van der Waals surface area contributed by atoms with Crippen LogP contribution in [0.25, 0.3) is 22.2 Å². The van der Waals surface area contributed by atoms with Crippen molar-refractivity contribution in [2.75, 3.05) is 7.11 Å². The van der Waals surface area contributed by atoms with Crippen molar-refractivity contribution in [3.63, 3.8) is 0 Å². The normalized spacial score (nSPS) is 10.8. The number of fused-ring (bicyclic) bond motifs is 1. The molecular formula is C19H16ClNO2. The van der Waals surface area contributed by atoms with Crippen LogP contribution in [0, 0.1) is 13.8 Å². The number of carbonyl (C=O) groups excluding carboxylic acids is 1. The van der Waals surface area contributed by atoms with Crippen molar-refractivity contribution in [3.05, 3.63) is 58.1 Å². The number of hydrogen-bond donors (Lipinski definition) is 0. The highest BCUT2D eigenvalue weighted by molar-refractivity contribution is 6.30. The molecule has 2 aromatic carbocycles. The summed E-state index contributed by atoms with van der Waals surface area (Å²) in [5.41, 5.74) is 4.95. The molecule has 0 radical (unpaired) electrons. The van der Waals surface area contributed by atoms with Crippen LogP contribution in [0.3, 0.4) is 0 Å². The summed E-state index contributed by atoms with van der Waals surface area (Å²) in [5, 5.41) is 1.46. The average Bonchev–Trinajstić information content (AvgIpc) is 2.54. The van der Waals surface area contributed by atoms with Gasteiger partial charge in [-0.3, -0.25) is 4.79 Å². The molecular weight excluding hydrogens is 310 g/mol. The van der Waals surface area contributed by atoms with E-state index in [2.05, 4.69) is 6.07 Å². The van der Waals surface area contributed by atoms with Crippen LogP contribution in [0.15, 0.2) is 36.4 Å². The Balaban J connectivity index is 2.42. The number of aromatic nitrogens is 1. The number of pyridine rings is 1. The largest absolute Gasteiger partial charge is 0.494 e. The van der Waals surface area contributed by atoms with E-state index < -0.39 is 0 Å². The van der Waals surface area contributed by atoms with Gasteiger partial charge in [-0.1, -0.05) is 35.4 Å². The van der Waals surface area contributed by atoms with Gasteiger partial charge in [-0.05, 0) is 37.6 Å². The quantitative estimate of drug-likeness (QED) is 0.636. The van der Waals surface area contributed by atoms with Gasteiger partial charge in [0.25, 0.3) is 0 Å². The first-order valence-corrected chi connectivity index (χ1v) is 7.63. The van der Waals surface area contributed by atoms with Gasteiger partial charge >= 0.3 is 0 Å². The molecule has 0 amide bonds. The number of carbonyl (C=O) groups is 1. The van der Waals surface area contributed by atoms with Crippen LogP contribution in [0.2, 0.25) is 5.02 Å². The molecule has 4 heteroatoms. The monoisotopic (exact) mass is 325 g/mol. The van der Waals surface area contributed by atoms with Crippen LogP contribution in [-0.2, 0) is 0 Å². The van der Waals surface area contributed by atoms with Crippen molar-refractivity contribution in [2.24, 2.45) is 0 Å². The van der Waals surface area contributed by atoms with E-state index in [0.29, 0.717) is 22.0 Å². The predicted molar refractivity (Wildman–Crippen MR) is 93.6 cm³/mol. The minimum atomic E-state index is 0.486. The SMILES string of the molecule is COc1c(-c2ccc(Cl)cc2)nc2c(C)cc(C)cc2c1C=O. The third kappa shape index (κ3) is 2.68. The molecule has 0 fully saturated rings.